The SMILES string of the molecule is COC(=O)c1nc(NC(=O)OC(C)(C)C)sc1CCCO[Si](c1ccccc1)(c1ccccc1)C(C)(C)C. The maximum absolute atomic E-state index is 12.4. The summed E-state index contributed by atoms with van der Waals surface area (Å²) >= 11 is 1.25. The first-order valence-electron chi connectivity index (χ1n) is 12.7. The molecule has 1 N–H and O–H groups in total. The van der Waals surface area contributed by atoms with Crippen molar-refractivity contribution in [2.24, 2.45) is 0 Å². The minimum atomic E-state index is -2.65. The Balaban J connectivity index is 1.82. The first-order chi connectivity index (χ1) is 17.9. The fourth-order valence-corrected chi connectivity index (χ4v) is 10.0. The summed E-state index contributed by atoms with van der Waals surface area (Å²) in [5, 5.41) is 5.24. The number of carbonyl (C=O) groups excluding carboxylic acids is 2. The highest BCUT2D eigenvalue weighted by Gasteiger charge is 2.49. The average Bonchev–Trinajstić information content (AvgIpc) is 3.25. The predicted octanol–water partition coefficient (Wildman–Crippen LogP) is 5.79. The number of ether oxygens (including phenoxy) is 2. The number of aromatic nitrogens is 1. The fraction of sp³-hybridized carbons (Fsp3) is 0.414. The van der Waals surface area contributed by atoms with E-state index in [4.69, 9.17) is 13.9 Å². The van der Waals surface area contributed by atoms with E-state index in [9.17, 15) is 9.59 Å². The number of anilines is 1. The monoisotopic (exact) mass is 554 g/mol. The number of nitrogens with zero attached hydrogens (tertiary/aromatic N) is 1. The second-order valence-corrected chi connectivity index (χ2v) is 16.4. The van der Waals surface area contributed by atoms with Gasteiger partial charge in [-0.05, 0) is 49.0 Å². The standard InChI is InChI=1S/C29H38N2O5SSi/c1-28(2,3)36-27(33)31-26-30-24(25(32)34-7)23(37-26)19-14-20-35-38(29(4,5)6,21-15-10-8-11-16-21)22-17-12-9-13-18-22/h8-13,15-18H,14,19-20H2,1-7H3,(H,30,31,33). The van der Waals surface area contributed by atoms with Crippen molar-refractivity contribution in [2.75, 3.05) is 19.0 Å². The van der Waals surface area contributed by atoms with Gasteiger partial charge in [0.05, 0.1) is 7.11 Å². The summed E-state index contributed by atoms with van der Waals surface area (Å²) in [7, 11) is -1.33. The van der Waals surface area contributed by atoms with Crippen LogP contribution in [0.4, 0.5) is 9.93 Å². The highest BCUT2D eigenvalue weighted by Crippen LogP contribution is 2.37. The van der Waals surface area contributed by atoms with Gasteiger partial charge in [0.1, 0.15) is 5.60 Å². The number of benzene rings is 2. The van der Waals surface area contributed by atoms with Crippen molar-refractivity contribution in [1.82, 2.24) is 4.98 Å². The van der Waals surface area contributed by atoms with Crippen molar-refractivity contribution >= 4 is 47.2 Å². The molecule has 0 aliphatic rings. The minimum absolute atomic E-state index is 0.123. The Morgan fingerprint density at radius 3 is 1.95 bits per heavy atom. The van der Waals surface area contributed by atoms with Gasteiger partial charge in [0, 0.05) is 11.5 Å². The van der Waals surface area contributed by atoms with E-state index in [1.807, 2.05) is 12.1 Å². The molecule has 3 rings (SSSR count). The lowest BCUT2D eigenvalue weighted by molar-refractivity contribution is 0.0589. The summed E-state index contributed by atoms with van der Waals surface area (Å²) in [6, 6.07) is 21.0. The molecule has 0 unspecified atom stereocenters. The highest BCUT2D eigenvalue weighted by atomic mass is 32.1. The lowest BCUT2D eigenvalue weighted by Gasteiger charge is -2.43. The van der Waals surface area contributed by atoms with Crippen molar-refractivity contribution in [2.45, 2.75) is 65.0 Å². The van der Waals surface area contributed by atoms with Gasteiger partial charge in [-0.15, -0.1) is 11.3 Å². The number of amides is 1. The van der Waals surface area contributed by atoms with E-state index in [1.54, 1.807) is 20.8 Å². The van der Waals surface area contributed by atoms with E-state index in [1.165, 1.54) is 28.8 Å². The number of thiazole rings is 1. The van der Waals surface area contributed by atoms with Crippen LogP contribution in [-0.2, 0) is 20.3 Å². The molecule has 2 aromatic carbocycles. The highest BCUT2D eigenvalue weighted by molar-refractivity contribution is 7.16. The van der Waals surface area contributed by atoms with Crippen LogP contribution in [0.2, 0.25) is 5.04 Å². The molecule has 0 bridgehead atoms. The van der Waals surface area contributed by atoms with Crippen LogP contribution in [0, 0.1) is 0 Å². The molecule has 0 aliphatic carbocycles. The molecule has 1 heterocycles. The van der Waals surface area contributed by atoms with Gasteiger partial charge >= 0.3 is 12.1 Å². The summed E-state index contributed by atoms with van der Waals surface area (Å²) in [6.45, 7) is 12.6. The number of aryl methyl sites for hydroxylation is 1. The number of nitrogens with one attached hydrogen (secondary N) is 1. The second kappa shape index (κ2) is 12.2. The molecular weight excluding hydrogens is 516 g/mol. The van der Waals surface area contributed by atoms with E-state index in [-0.39, 0.29) is 10.7 Å². The summed E-state index contributed by atoms with van der Waals surface area (Å²) in [5.74, 6) is -0.540. The van der Waals surface area contributed by atoms with Gasteiger partial charge < -0.3 is 13.9 Å². The number of rotatable bonds is 9. The third kappa shape index (κ3) is 7.09. The van der Waals surface area contributed by atoms with Gasteiger partial charge in [0.25, 0.3) is 8.32 Å². The van der Waals surface area contributed by atoms with Gasteiger partial charge in [-0.25, -0.2) is 14.6 Å². The average molecular weight is 555 g/mol. The first-order valence-corrected chi connectivity index (χ1v) is 15.4. The lowest BCUT2D eigenvalue weighted by atomic mass is 10.2. The Labute approximate surface area is 230 Å². The predicted molar refractivity (Wildman–Crippen MR) is 155 cm³/mol. The third-order valence-corrected chi connectivity index (χ3v) is 12.0. The normalized spacial score (nSPS) is 12.2. The molecule has 0 atom stereocenters. The topological polar surface area (TPSA) is 86.8 Å². The first kappa shape index (κ1) is 29.5. The summed E-state index contributed by atoms with van der Waals surface area (Å²) in [5.41, 5.74) is -0.442. The van der Waals surface area contributed by atoms with E-state index in [2.05, 4.69) is 79.6 Å². The smallest absolute Gasteiger partial charge is 0.413 e. The number of methoxy groups -OCH3 is 1. The van der Waals surface area contributed by atoms with Gasteiger partial charge in [0.2, 0.25) is 0 Å². The maximum Gasteiger partial charge on any atom is 0.413 e. The molecule has 204 valence electrons. The van der Waals surface area contributed by atoms with Crippen molar-refractivity contribution in [3.8, 4) is 0 Å². The second-order valence-electron chi connectivity index (χ2n) is 11.0. The molecule has 0 spiro atoms. The number of hydrogen-bond acceptors (Lipinski definition) is 7. The molecule has 38 heavy (non-hydrogen) atoms. The largest absolute Gasteiger partial charge is 0.464 e. The molecule has 1 amide bonds. The van der Waals surface area contributed by atoms with Gasteiger partial charge in [-0.3, -0.25) is 5.32 Å². The van der Waals surface area contributed by atoms with Crippen LogP contribution in [0.15, 0.2) is 60.7 Å². The fourth-order valence-electron chi connectivity index (χ4n) is 4.44. The molecule has 3 aromatic rings. The molecule has 9 heteroatoms. The molecule has 0 aliphatic heterocycles. The molecule has 0 radical (unpaired) electrons. The van der Waals surface area contributed by atoms with E-state index >= 15 is 0 Å². The zero-order chi connectivity index (χ0) is 28.0. The van der Waals surface area contributed by atoms with E-state index in [0.29, 0.717) is 24.6 Å². The van der Waals surface area contributed by atoms with Crippen LogP contribution in [0.25, 0.3) is 0 Å². The number of carbonyl (C=O) groups is 2. The Kier molecular flexibility index (Phi) is 9.51. The summed E-state index contributed by atoms with van der Waals surface area (Å²) in [4.78, 5) is 29.7. The van der Waals surface area contributed by atoms with Crippen molar-refractivity contribution < 1.29 is 23.5 Å². The zero-order valence-corrected chi connectivity index (χ0v) is 25.1. The maximum atomic E-state index is 12.4. The quantitative estimate of drug-likeness (QED) is 0.205. The lowest BCUT2D eigenvalue weighted by Crippen LogP contribution is -2.66. The van der Waals surface area contributed by atoms with Crippen LogP contribution < -0.4 is 15.7 Å². The molecule has 0 saturated heterocycles. The Bertz CT molecular complexity index is 1180. The van der Waals surface area contributed by atoms with Crippen LogP contribution in [0.1, 0.15) is 63.3 Å². The van der Waals surface area contributed by atoms with E-state index in [0.717, 1.165) is 4.88 Å². The van der Waals surface area contributed by atoms with Crippen LogP contribution in [-0.4, -0.2) is 44.7 Å². The number of esters is 1. The van der Waals surface area contributed by atoms with Crippen molar-refractivity contribution in [1.29, 1.82) is 0 Å². The minimum Gasteiger partial charge on any atom is -0.464 e. The van der Waals surface area contributed by atoms with Crippen molar-refractivity contribution in [3.63, 3.8) is 0 Å². The van der Waals surface area contributed by atoms with Gasteiger partial charge in [-0.2, -0.15) is 0 Å². The molecule has 0 saturated carbocycles. The molecule has 1 aromatic heterocycles. The number of hydrogen-bond donors (Lipinski definition) is 1. The van der Waals surface area contributed by atoms with Gasteiger partial charge in [0.15, 0.2) is 10.8 Å². The van der Waals surface area contributed by atoms with Gasteiger partial charge in [-0.1, -0.05) is 81.4 Å². The Hall–Kier alpha value is -3.01. The van der Waals surface area contributed by atoms with Crippen LogP contribution in [0.5, 0.6) is 0 Å². The third-order valence-electron chi connectivity index (χ3n) is 5.97. The Morgan fingerprint density at radius 1 is 0.921 bits per heavy atom. The summed E-state index contributed by atoms with van der Waals surface area (Å²) < 4.78 is 17.2. The van der Waals surface area contributed by atoms with Crippen LogP contribution in [0.3, 0.4) is 0 Å². The zero-order valence-electron chi connectivity index (χ0n) is 23.3. The molecule has 7 nitrogen and oxygen atoms in total. The summed E-state index contributed by atoms with van der Waals surface area (Å²) in [6.07, 6.45) is 0.600. The molecule has 0 fully saturated rings. The Morgan fingerprint density at radius 2 is 1.47 bits per heavy atom. The molecular formula is C29H38N2O5SSi. The van der Waals surface area contributed by atoms with Crippen LogP contribution >= 0.6 is 11.3 Å². The van der Waals surface area contributed by atoms with Crippen molar-refractivity contribution in [3.05, 3.63) is 71.2 Å². The van der Waals surface area contributed by atoms with E-state index < -0.39 is 26.0 Å².